The van der Waals surface area contributed by atoms with E-state index in [1.807, 2.05) is 13.0 Å². The minimum absolute atomic E-state index is 0.0881. The van der Waals surface area contributed by atoms with Gasteiger partial charge in [0.05, 0.1) is 0 Å². The summed E-state index contributed by atoms with van der Waals surface area (Å²) < 4.78 is 13.7. The maximum absolute atomic E-state index is 13.7. The molecule has 0 fully saturated rings. The maximum atomic E-state index is 13.7. The van der Waals surface area contributed by atoms with Crippen molar-refractivity contribution in [1.29, 1.82) is 0 Å². The lowest BCUT2D eigenvalue weighted by Crippen LogP contribution is -1.93. The molecule has 0 amide bonds. The van der Waals surface area contributed by atoms with Crippen LogP contribution in [0.15, 0.2) is 52.9 Å². The molecule has 1 aliphatic carbocycles. The van der Waals surface area contributed by atoms with Gasteiger partial charge in [0.2, 0.25) is 0 Å². The molecule has 0 aliphatic heterocycles. The predicted octanol–water partition coefficient (Wildman–Crippen LogP) is 5.85. The number of carbonyl (C=O) groups excluding carboxylic acids is 1. The second-order valence-electron chi connectivity index (χ2n) is 6.00. The molecule has 1 nitrogen and oxygen atoms in total. The van der Waals surface area contributed by atoms with E-state index < -0.39 is 0 Å². The number of allylic oxidation sites excluding steroid dienone is 3. The Hall–Kier alpha value is -2.13. The highest BCUT2D eigenvalue weighted by molar-refractivity contribution is 7.98. The van der Waals surface area contributed by atoms with Crippen LogP contribution < -0.4 is 0 Å². The molecule has 0 saturated heterocycles. The largest absolute Gasteiger partial charge is 0.300 e. The maximum Gasteiger partial charge on any atom is 0.134 e. The summed E-state index contributed by atoms with van der Waals surface area (Å²) in [5, 5.41) is 0. The normalized spacial score (nSPS) is 15.1. The Kier molecular flexibility index (Phi) is 4.72. The predicted molar refractivity (Wildman–Crippen MR) is 100 cm³/mol. The van der Waals surface area contributed by atoms with Crippen molar-refractivity contribution < 1.29 is 9.18 Å². The van der Waals surface area contributed by atoms with Crippen LogP contribution in [-0.4, -0.2) is 12.0 Å². The van der Waals surface area contributed by atoms with Crippen molar-refractivity contribution in [3.05, 3.63) is 70.5 Å². The first kappa shape index (κ1) is 16.7. The average Bonchev–Trinajstić information content (AvgIpc) is 2.80. The van der Waals surface area contributed by atoms with Crippen molar-refractivity contribution in [1.82, 2.24) is 0 Å². The minimum atomic E-state index is -0.270. The molecular weight excluding hydrogens is 319 g/mol. The average molecular weight is 338 g/mol. The Morgan fingerprint density at radius 3 is 2.46 bits per heavy atom. The van der Waals surface area contributed by atoms with Gasteiger partial charge in [-0.15, -0.1) is 11.8 Å². The molecule has 0 unspecified atom stereocenters. The molecule has 3 heteroatoms. The molecular formula is C21H19FOS. The number of hydrogen-bond acceptors (Lipinski definition) is 2. The first-order valence-corrected chi connectivity index (χ1v) is 9.07. The molecule has 2 aromatic rings. The molecule has 122 valence electrons. The number of benzene rings is 2. The van der Waals surface area contributed by atoms with Crippen molar-refractivity contribution in [2.24, 2.45) is 0 Å². The summed E-state index contributed by atoms with van der Waals surface area (Å²) in [5.41, 5.74) is 6.00. The van der Waals surface area contributed by atoms with E-state index in [9.17, 15) is 9.18 Å². The second kappa shape index (κ2) is 6.78. The van der Waals surface area contributed by atoms with Gasteiger partial charge in [0.15, 0.2) is 0 Å². The topological polar surface area (TPSA) is 17.1 Å². The fourth-order valence-electron chi connectivity index (χ4n) is 3.10. The Balaban J connectivity index is 2.11. The van der Waals surface area contributed by atoms with E-state index in [4.69, 9.17) is 0 Å². The van der Waals surface area contributed by atoms with Gasteiger partial charge in [0.1, 0.15) is 11.6 Å². The molecule has 0 heterocycles. The standard InChI is InChI=1S/C21H19FOS/c1-13(23)10-19-14(2)20(18-9-6-16(22)12-21(18)19)11-15-4-7-17(24-3)8-5-15/h4-9,11-12H,10H2,1-3H3/b20-11-. The number of ketones is 1. The van der Waals surface area contributed by atoms with Crippen LogP contribution >= 0.6 is 11.8 Å². The molecule has 0 atom stereocenters. The van der Waals surface area contributed by atoms with Gasteiger partial charge in [-0.3, -0.25) is 4.79 Å². The number of thioether (sulfide) groups is 1. The van der Waals surface area contributed by atoms with Crippen LogP contribution in [0.1, 0.15) is 37.0 Å². The molecule has 0 aromatic heterocycles. The molecule has 0 N–H and O–H groups in total. The zero-order valence-corrected chi connectivity index (χ0v) is 14.8. The van der Waals surface area contributed by atoms with E-state index >= 15 is 0 Å². The van der Waals surface area contributed by atoms with Crippen molar-refractivity contribution in [3.63, 3.8) is 0 Å². The third kappa shape index (κ3) is 3.22. The zero-order valence-electron chi connectivity index (χ0n) is 14.0. The summed E-state index contributed by atoms with van der Waals surface area (Å²) in [7, 11) is 0. The molecule has 3 rings (SSSR count). The third-order valence-corrected chi connectivity index (χ3v) is 5.05. The Morgan fingerprint density at radius 2 is 1.83 bits per heavy atom. The lowest BCUT2D eigenvalue weighted by atomic mass is 10.0. The van der Waals surface area contributed by atoms with Crippen LogP contribution in [0.3, 0.4) is 0 Å². The van der Waals surface area contributed by atoms with E-state index in [0.29, 0.717) is 6.42 Å². The van der Waals surface area contributed by atoms with Gasteiger partial charge in [-0.1, -0.05) is 18.2 Å². The molecule has 0 bridgehead atoms. The van der Waals surface area contributed by atoms with Crippen LogP contribution in [0.2, 0.25) is 0 Å². The second-order valence-corrected chi connectivity index (χ2v) is 6.88. The van der Waals surface area contributed by atoms with Gasteiger partial charge in [0, 0.05) is 11.3 Å². The Bertz CT molecular complexity index is 860. The van der Waals surface area contributed by atoms with Crippen LogP contribution in [0, 0.1) is 5.82 Å². The van der Waals surface area contributed by atoms with Crippen molar-refractivity contribution in [2.45, 2.75) is 25.2 Å². The van der Waals surface area contributed by atoms with Gasteiger partial charge in [0.25, 0.3) is 0 Å². The third-order valence-electron chi connectivity index (χ3n) is 4.31. The summed E-state index contributed by atoms with van der Waals surface area (Å²) in [6.45, 7) is 3.58. The fraction of sp³-hybridized carbons (Fsp3) is 0.190. The molecule has 0 spiro atoms. The molecule has 24 heavy (non-hydrogen) atoms. The number of halogens is 1. The van der Waals surface area contributed by atoms with Gasteiger partial charge in [-0.2, -0.15) is 0 Å². The van der Waals surface area contributed by atoms with Crippen LogP contribution in [0.5, 0.6) is 0 Å². The Labute approximate surface area is 146 Å². The lowest BCUT2D eigenvalue weighted by Gasteiger charge is -2.05. The smallest absolute Gasteiger partial charge is 0.134 e. The highest BCUT2D eigenvalue weighted by Gasteiger charge is 2.24. The number of hydrogen-bond donors (Lipinski definition) is 0. The van der Waals surface area contributed by atoms with Crippen molar-refractivity contribution >= 4 is 34.8 Å². The first-order valence-electron chi connectivity index (χ1n) is 7.85. The SMILES string of the molecule is CSc1ccc(/C=C2/C(C)=C(CC(C)=O)c3cc(F)ccc32)cc1. The van der Waals surface area contributed by atoms with E-state index in [-0.39, 0.29) is 11.6 Å². The summed E-state index contributed by atoms with van der Waals surface area (Å²) in [5.74, 6) is -0.182. The number of carbonyl (C=O) groups is 1. The summed E-state index contributed by atoms with van der Waals surface area (Å²) in [4.78, 5) is 12.8. The number of rotatable bonds is 4. The first-order chi connectivity index (χ1) is 11.5. The molecule has 1 aliphatic rings. The van der Waals surface area contributed by atoms with Gasteiger partial charge >= 0.3 is 0 Å². The van der Waals surface area contributed by atoms with E-state index in [1.54, 1.807) is 18.7 Å². The Morgan fingerprint density at radius 1 is 1.12 bits per heavy atom. The van der Waals surface area contributed by atoms with Crippen LogP contribution in [0.4, 0.5) is 4.39 Å². The fourth-order valence-corrected chi connectivity index (χ4v) is 3.51. The molecule has 0 saturated carbocycles. The van der Waals surface area contributed by atoms with Crippen molar-refractivity contribution in [2.75, 3.05) is 6.26 Å². The highest BCUT2D eigenvalue weighted by Crippen LogP contribution is 2.43. The lowest BCUT2D eigenvalue weighted by molar-refractivity contribution is -0.116. The molecule has 0 radical (unpaired) electrons. The van der Waals surface area contributed by atoms with E-state index in [1.165, 1.54) is 17.0 Å². The molecule has 2 aromatic carbocycles. The monoisotopic (exact) mass is 338 g/mol. The van der Waals surface area contributed by atoms with E-state index in [0.717, 1.165) is 33.4 Å². The van der Waals surface area contributed by atoms with Gasteiger partial charge in [-0.05, 0) is 83.9 Å². The van der Waals surface area contributed by atoms with Gasteiger partial charge < -0.3 is 0 Å². The van der Waals surface area contributed by atoms with Crippen LogP contribution in [-0.2, 0) is 4.79 Å². The summed E-state index contributed by atoms with van der Waals surface area (Å²) in [6.07, 6.45) is 4.50. The highest BCUT2D eigenvalue weighted by atomic mass is 32.2. The van der Waals surface area contributed by atoms with Crippen LogP contribution in [0.25, 0.3) is 17.2 Å². The van der Waals surface area contributed by atoms with Gasteiger partial charge in [-0.25, -0.2) is 4.39 Å². The number of Topliss-reactive ketones (excluding diaryl/α,β-unsaturated/α-hetero) is 1. The zero-order chi connectivity index (χ0) is 17.3. The van der Waals surface area contributed by atoms with E-state index in [2.05, 4.69) is 36.6 Å². The number of fused-ring (bicyclic) bond motifs is 1. The quantitative estimate of drug-likeness (QED) is 0.650. The summed E-state index contributed by atoms with van der Waals surface area (Å²) >= 11 is 1.71. The summed E-state index contributed by atoms with van der Waals surface area (Å²) in [6, 6.07) is 13.2. The van der Waals surface area contributed by atoms with Crippen molar-refractivity contribution in [3.8, 4) is 0 Å². The minimum Gasteiger partial charge on any atom is -0.300 e.